The highest BCUT2D eigenvalue weighted by molar-refractivity contribution is 5.27. The lowest BCUT2D eigenvalue weighted by Gasteiger charge is -2.29. The standard InChI is InChI=1S/C26H44N2/c1-4-5-6-7-8-9-10-11-12-13-14-16-19-24(2)28-23-22-27-25(28)26(3)20-17-15-18-21-26/h15,17-18,20,22-24H,4-14,16,19,21H2,1-3H3. The van der Waals surface area contributed by atoms with Crippen molar-refractivity contribution in [1.29, 1.82) is 0 Å². The van der Waals surface area contributed by atoms with Crippen LogP contribution >= 0.6 is 0 Å². The van der Waals surface area contributed by atoms with Gasteiger partial charge in [-0.1, -0.05) is 108 Å². The van der Waals surface area contributed by atoms with Gasteiger partial charge in [0, 0.05) is 23.9 Å². The maximum absolute atomic E-state index is 4.72. The van der Waals surface area contributed by atoms with Crippen LogP contribution in [0.15, 0.2) is 36.7 Å². The second-order valence-electron chi connectivity index (χ2n) is 9.09. The van der Waals surface area contributed by atoms with Gasteiger partial charge in [0.05, 0.1) is 0 Å². The number of hydrogen-bond donors (Lipinski definition) is 0. The predicted molar refractivity (Wildman–Crippen MR) is 123 cm³/mol. The molecule has 0 saturated carbocycles. The van der Waals surface area contributed by atoms with Gasteiger partial charge in [-0.25, -0.2) is 4.98 Å². The van der Waals surface area contributed by atoms with E-state index in [1.807, 2.05) is 6.20 Å². The van der Waals surface area contributed by atoms with Crippen molar-refractivity contribution < 1.29 is 0 Å². The van der Waals surface area contributed by atoms with Crippen LogP contribution < -0.4 is 0 Å². The third-order valence-electron chi connectivity index (χ3n) is 6.38. The van der Waals surface area contributed by atoms with Crippen molar-refractivity contribution >= 4 is 0 Å². The molecule has 2 unspecified atom stereocenters. The highest BCUT2D eigenvalue weighted by atomic mass is 15.1. The largest absolute Gasteiger partial charge is 0.331 e. The fourth-order valence-electron chi connectivity index (χ4n) is 4.42. The highest BCUT2D eigenvalue weighted by Crippen LogP contribution is 2.33. The minimum atomic E-state index is 0.0447. The first-order chi connectivity index (χ1) is 13.7. The SMILES string of the molecule is CCCCCCCCCCCCCCC(C)n1ccnc1C1(C)C=CC=CC1. The Morgan fingerprint density at radius 1 is 0.929 bits per heavy atom. The van der Waals surface area contributed by atoms with Crippen molar-refractivity contribution in [3.05, 3.63) is 42.5 Å². The van der Waals surface area contributed by atoms with Crippen LogP contribution in [0.3, 0.4) is 0 Å². The molecule has 0 amide bonds. The quantitative estimate of drug-likeness (QED) is 0.278. The molecular formula is C26H44N2. The summed E-state index contributed by atoms with van der Waals surface area (Å²) in [7, 11) is 0. The van der Waals surface area contributed by atoms with E-state index in [9.17, 15) is 0 Å². The zero-order valence-electron chi connectivity index (χ0n) is 18.8. The van der Waals surface area contributed by atoms with Crippen LogP contribution in [-0.2, 0) is 5.41 Å². The summed E-state index contributed by atoms with van der Waals surface area (Å²) in [5.74, 6) is 1.22. The lowest BCUT2D eigenvalue weighted by atomic mass is 9.82. The lowest BCUT2D eigenvalue weighted by molar-refractivity contribution is 0.421. The molecule has 28 heavy (non-hydrogen) atoms. The fraction of sp³-hybridized carbons (Fsp3) is 0.731. The molecule has 0 fully saturated rings. The Labute approximate surface area is 174 Å². The van der Waals surface area contributed by atoms with Crippen LogP contribution in [0.2, 0.25) is 0 Å². The molecule has 0 radical (unpaired) electrons. The number of aromatic nitrogens is 2. The first kappa shape index (κ1) is 23.0. The van der Waals surface area contributed by atoms with Crippen LogP contribution in [0.1, 0.15) is 123 Å². The maximum Gasteiger partial charge on any atom is 0.119 e. The molecule has 2 heteroatoms. The summed E-state index contributed by atoms with van der Waals surface area (Å²) in [6, 6.07) is 0.539. The Kier molecular flexibility index (Phi) is 10.7. The van der Waals surface area contributed by atoms with Gasteiger partial charge in [0.1, 0.15) is 5.82 Å². The van der Waals surface area contributed by atoms with Gasteiger partial charge < -0.3 is 4.57 Å². The topological polar surface area (TPSA) is 17.8 Å². The van der Waals surface area contributed by atoms with Gasteiger partial charge in [-0.15, -0.1) is 0 Å². The molecule has 0 spiro atoms. The predicted octanol–water partition coefficient (Wildman–Crippen LogP) is 8.31. The maximum atomic E-state index is 4.72. The van der Waals surface area contributed by atoms with E-state index in [4.69, 9.17) is 4.98 Å². The molecule has 1 aromatic heterocycles. The van der Waals surface area contributed by atoms with Crippen molar-refractivity contribution in [2.24, 2.45) is 0 Å². The molecule has 0 N–H and O–H groups in total. The summed E-state index contributed by atoms with van der Waals surface area (Å²) in [5, 5.41) is 0. The number of nitrogens with zero attached hydrogens (tertiary/aromatic N) is 2. The molecular weight excluding hydrogens is 340 g/mol. The third kappa shape index (κ3) is 7.60. The van der Waals surface area contributed by atoms with Gasteiger partial charge in [0.25, 0.3) is 0 Å². The minimum Gasteiger partial charge on any atom is -0.331 e. The molecule has 158 valence electrons. The van der Waals surface area contributed by atoms with E-state index in [-0.39, 0.29) is 5.41 Å². The lowest BCUT2D eigenvalue weighted by Crippen LogP contribution is -2.26. The molecule has 2 nitrogen and oxygen atoms in total. The molecule has 0 saturated heterocycles. The Balaban J connectivity index is 1.56. The average Bonchev–Trinajstić information content (AvgIpc) is 3.20. The highest BCUT2D eigenvalue weighted by Gasteiger charge is 2.29. The average molecular weight is 385 g/mol. The smallest absolute Gasteiger partial charge is 0.119 e. The van der Waals surface area contributed by atoms with Crippen molar-refractivity contribution in [3.63, 3.8) is 0 Å². The van der Waals surface area contributed by atoms with Crippen LogP contribution in [0.25, 0.3) is 0 Å². The van der Waals surface area contributed by atoms with E-state index in [0.717, 1.165) is 6.42 Å². The molecule has 1 aliphatic rings. The van der Waals surface area contributed by atoms with Crippen LogP contribution in [0, 0.1) is 0 Å². The summed E-state index contributed by atoms with van der Waals surface area (Å²) in [5.41, 5.74) is 0.0447. The van der Waals surface area contributed by atoms with Crippen molar-refractivity contribution in [2.75, 3.05) is 0 Å². The first-order valence-corrected chi connectivity index (χ1v) is 12.0. The summed E-state index contributed by atoms with van der Waals surface area (Å²) in [4.78, 5) is 4.72. The summed E-state index contributed by atoms with van der Waals surface area (Å²) >= 11 is 0. The van der Waals surface area contributed by atoms with Gasteiger partial charge in [0.15, 0.2) is 0 Å². The number of rotatable bonds is 15. The van der Waals surface area contributed by atoms with E-state index in [0.29, 0.717) is 6.04 Å². The molecule has 0 bridgehead atoms. The Morgan fingerprint density at radius 3 is 2.11 bits per heavy atom. The Bertz CT molecular complexity index is 583. The number of hydrogen-bond acceptors (Lipinski definition) is 1. The normalized spacial score (nSPS) is 20.0. The Morgan fingerprint density at radius 2 is 1.54 bits per heavy atom. The van der Waals surface area contributed by atoms with Gasteiger partial charge in [0.2, 0.25) is 0 Å². The summed E-state index contributed by atoms with van der Waals surface area (Å²) in [6.07, 6.45) is 32.3. The van der Waals surface area contributed by atoms with Crippen molar-refractivity contribution in [3.8, 4) is 0 Å². The van der Waals surface area contributed by atoms with E-state index >= 15 is 0 Å². The summed E-state index contributed by atoms with van der Waals surface area (Å²) < 4.78 is 2.42. The van der Waals surface area contributed by atoms with Crippen LogP contribution in [0.4, 0.5) is 0 Å². The van der Waals surface area contributed by atoms with E-state index in [2.05, 4.69) is 55.8 Å². The number of imidazole rings is 1. The zero-order chi connectivity index (χ0) is 20.1. The molecule has 1 aromatic rings. The molecule has 0 aliphatic heterocycles. The molecule has 2 rings (SSSR count). The third-order valence-corrected chi connectivity index (χ3v) is 6.38. The Hall–Kier alpha value is -1.31. The number of allylic oxidation sites excluding steroid dienone is 4. The van der Waals surface area contributed by atoms with Crippen molar-refractivity contribution in [2.45, 2.75) is 122 Å². The first-order valence-electron chi connectivity index (χ1n) is 12.0. The molecule has 1 heterocycles. The molecule has 0 aromatic carbocycles. The van der Waals surface area contributed by atoms with E-state index < -0.39 is 0 Å². The monoisotopic (exact) mass is 384 g/mol. The van der Waals surface area contributed by atoms with Crippen molar-refractivity contribution in [1.82, 2.24) is 9.55 Å². The zero-order valence-corrected chi connectivity index (χ0v) is 18.8. The minimum absolute atomic E-state index is 0.0447. The van der Waals surface area contributed by atoms with Gasteiger partial charge >= 0.3 is 0 Å². The molecule has 1 aliphatic carbocycles. The van der Waals surface area contributed by atoms with E-state index in [1.54, 1.807) is 0 Å². The van der Waals surface area contributed by atoms with E-state index in [1.165, 1.54) is 89.3 Å². The number of unbranched alkanes of at least 4 members (excludes halogenated alkanes) is 11. The van der Waals surface area contributed by atoms with Crippen LogP contribution in [0.5, 0.6) is 0 Å². The molecule has 2 atom stereocenters. The second kappa shape index (κ2) is 13.0. The van der Waals surface area contributed by atoms with Crippen LogP contribution in [-0.4, -0.2) is 9.55 Å². The van der Waals surface area contributed by atoms with Gasteiger partial charge in [-0.3, -0.25) is 0 Å². The second-order valence-corrected chi connectivity index (χ2v) is 9.09. The summed E-state index contributed by atoms with van der Waals surface area (Å²) in [6.45, 7) is 6.96. The van der Waals surface area contributed by atoms with Gasteiger partial charge in [-0.05, 0) is 26.7 Å². The fourth-order valence-corrected chi connectivity index (χ4v) is 4.42. The van der Waals surface area contributed by atoms with Gasteiger partial charge in [-0.2, -0.15) is 0 Å².